The summed E-state index contributed by atoms with van der Waals surface area (Å²) in [4.78, 5) is 4.34. The molecule has 0 spiro atoms. The highest BCUT2D eigenvalue weighted by atomic mass is 14.7. The molecule has 1 heteroatoms. The van der Waals surface area contributed by atoms with Gasteiger partial charge in [-0.25, -0.2) is 0 Å². The zero-order valence-corrected chi connectivity index (χ0v) is 9.68. The molecule has 0 saturated carbocycles. The molecule has 0 atom stereocenters. The van der Waals surface area contributed by atoms with Crippen molar-refractivity contribution in [3.63, 3.8) is 0 Å². The van der Waals surface area contributed by atoms with E-state index in [4.69, 9.17) is 0 Å². The van der Waals surface area contributed by atoms with Crippen molar-refractivity contribution in [3.8, 4) is 0 Å². The number of pyridine rings is 1. The number of hydrogen-bond donors (Lipinski definition) is 0. The molecule has 0 saturated heterocycles. The van der Waals surface area contributed by atoms with Gasteiger partial charge in [0, 0.05) is 11.9 Å². The van der Waals surface area contributed by atoms with Crippen LogP contribution >= 0.6 is 0 Å². The van der Waals surface area contributed by atoms with Crippen LogP contribution in [0.3, 0.4) is 0 Å². The third kappa shape index (κ3) is 3.58. The highest BCUT2D eigenvalue weighted by Gasteiger charge is 2.00. The molecule has 13 heavy (non-hydrogen) atoms. The molecule has 0 aliphatic rings. The zero-order chi connectivity index (χ0) is 10.4. The lowest BCUT2D eigenvalue weighted by Gasteiger charge is -2.06. The number of rotatable bonds is 1. The van der Waals surface area contributed by atoms with Crippen LogP contribution in [-0.4, -0.2) is 4.98 Å². The minimum absolute atomic E-state index is 0.536. The van der Waals surface area contributed by atoms with Crippen LogP contribution in [0, 0.1) is 13.8 Å². The van der Waals surface area contributed by atoms with Crippen LogP contribution in [0.15, 0.2) is 12.3 Å². The Bertz CT molecular complexity index is 251. The first-order valence-corrected chi connectivity index (χ1v) is 5.04. The van der Waals surface area contributed by atoms with E-state index in [0.717, 1.165) is 0 Å². The highest BCUT2D eigenvalue weighted by molar-refractivity contribution is 5.24. The first kappa shape index (κ1) is 12.2. The maximum atomic E-state index is 4.34. The first-order valence-electron chi connectivity index (χ1n) is 5.04. The molecule has 1 heterocycles. The first-order chi connectivity index (χ1) is 6.11. The van der Waals surface area contributed by atoms with Crippen molar-refractivity contribution in [2.24, 2.45) is 0 Å². The van der Waals surface area contributed by atoms with Gasteiger partial charge in [0.1, 0.15) is 0 Å². The van der Waals surface area contributed by atoms with E-state index in [0.29, 0.717) is 5.92 Å². The van der Waals surface area contributed by atoms with Crippen molar-refractivity contribution in [1.29, 1.82) is 0 Å². The number of aryl methyl sites for hydroxylation is 2. The molecule has 74 valence electrons. The van der Waals surface area contributed by atoms with Gasteiger partial charge in [0.25, 0.3) is 0 Å². The normalized spacial score (nSPS) is 9.46. The summed E-state index contributed by atoms with van der Waals surface area (Å²) in [6, 6.07) is 2.17. The summed E-state index contributed by atoms with van der Waals surface area (Å²) in [7, 11) is 0. The molecule has 0 aliphatic carbocycles. The molecule has 0 bridgehead atoms. The second-order valence-corrected chi connectivity index (χ2v) is 3.35. The summed E-state index contributed by atoms with van der Waals surface area (Å²) in [5.41, 5.74) is 3.80. The van der Waals surface area contributed by atoms with E-state index >= 15 is 0 Å². The van der Waals surface area contributed by atoms with Gasteiger partial charge in [0.15, 0.2) is 0 Å². The minimum Gasteiger partial charge on any atom is -0.261 e. The fourth-order valence-corrected chi connectivity index (χ4v) is 0.962. The molecule has 1 aromatic heterocycles. The van der Waals surface area contributed by atoms with Gasteiger partial charge in [-0.1, -0.05) is 27.7 Å². The van der Waals surface area contributed by atoms with Gasteiger partial charge in [-0.15, -0.1) is 0 Å². The Morgan fingerprint density at radius 2 is 1.62 bits per heavy atom. The smallest absolute Gasteiger partial charge is 0.0431 e. The van der Waals surface area contributed by atoms with Crippen molar-refractivity contribution < 1.29 is 0 Å². The van der Waals surface area contributed by atoms with E-state index in [1.807, 2.05) is 20.0 Å². The summed E-state index contributed by atoms with van der Waals surface area (Å²) in [6.07, 6.45) is 1.95. The van der Waals surface area contributed by atoms with Gasteiger partial charge < -0.3 is 0 Å². The minimum atomic E-state index is 0.536. The number of aromatic nitrogens is 1. The maximum Gasteiger partial charge on any atom is 0.0431 e. The van der Waals surface area contributed by atoms with E-state index in [9.17, 15) is 0 Å². The Morgan fingerprint density at radius 1 is 1.08 bits per heavy atom. The Hall–Kier alpha value is -0.850. The molecule has 0 amide bonds. The summed E-state index contributed by atoms with van der Waals surface area (Å²) in [6.45, 7) is 12.5. The fourth-order valence-electron chi connectivity index (χ4n) is 0.962. The van der Waals surface area contributed by atoms with Crippen molar-refractivity contribution in [3.05, 3.63) is 29.1 Å². The molecular formula is C12H21N. The molecule has 0 aromatic carbocycles. The van der Waals surface area contributed by atoms with Gasteiger partial charge in [-0.05, 0) is 37.0 Å². The van der Waals surface area contributed by atoms with Crippen LogP contribution in [0.5, 0.6) is 0 Å². The number of hydrogen-bond acceptors (Lipinski definition) is 1. The quantitative estimate of drug-likeness (QED) is 0.638. The molecule has 0 aliphatic heterocycles. The zero-order valence-electron chi connectivity index (χ0n) is 9.68. The standard InChI is InChI=1S/C10H15N.C2H6/c1-7(2)10-5-8(3)9(4)6-11-10;1-2/h5-7H,1-4H3;1-2H3. The van der Waals surface area contributed by atoms with Gasteiger partial charge >= 0.3 is 0 Å². The summed E-state index contributed by atoms with van der Waals surface area (Å²) >= 11 is 0. The van der Waals surface area contributed by atoms with Crippen molar-refractivity contribution in [2.75, 3.05) is 0 Å². The molecule has 0 radical (unpaired) electrons. The molecule has 1 nitrogen and oxygen atoms in total. The molecule has 0 N–H and O–H groups in total. The van der Waals surface area contributed by atoms with Gasteiger partial charge in [-0.3, -0.25) is 4.98 Å². The fraction of sp³-hybridized carbons (Fsp3) is 0.583. The molecule has 0 fully saturated rings. The lowest BCUT2D eigenvalue weighted by molar-refractivity contribution is 0.818. The Balaban J connectivity index is 0.000000671. The second kappa shape index (κ2) is 5.74. The Labute approximate surface area is 82.2 Å². The number of nitrogens with zero attached hydrogens (tertiary/aromatic N) is 1. The summed E-state index contributed by atoms with van der Waals surface area (Å²) in [5, 5.41) is 0. The molecule has 1 aromatic rings. The van der Waals surface area contributed by atoms with Gasteiger partial charge in [0.2, 0.25) is 0 Å². The predicted octanol–water partition coefficient (Wildman–Crippen LogP) is 3.85. The molecule has 0 unspecified atom stereocenters. The van der Waals surface area contributed by atoms with Crippen LogP contribution in [0.4, 0.5) is 0 Å². The van der Waals surface area contributed by atoms with Crippen molar-refractivity contribution >= 4 is 0 Å². The van der Waals surface area contributed by atoms with Crippen molar-refractivity contribution in [2.45, 2.75) is 47.5 Å². The lowest BCUT2D eigenvalue weighted by Crippen LogP contribution is -1.94. The third-order valence-corrected chi connectivity index (χ3v) is 1.99. The van der Waals surface area contributed by atoms with E-state index in [2.05, 4.69) is 38.7 Å². The molecule has 1 rings (SSSR count). The van der Waals surface area contributed by atoms with Crippen LogP contribution in [0.1, 0.15) is 50.4 Å². The van der Waals surface area contributed by atoms with E-state index < -0.39 is 0 Å². The van der Waals surface area contributed by atoms with Crippen molar-refractivity contribution in [1.82, 2.24) is 4.98 Å². The SMILES string of the molecule is CC.Cc1cnc(C(C)C)cc1C. The topological polar surface area (TPSA) is 12.9 Å². The Morgan fingerprint density at radius 3 is 2.00 bits per heavy atom. The van der Waals surface area contributed by atoms with E-state index in [1.165, 1.54) is 16.8 Å². The summed E-state index contributed by atoms with van der Waals surface area (Å²) < 4.78 is 0. The summed E-state index contributed by atoms with van der Waals surface area (Å²) in [5.74, 6) is 0.536. The van der Waals surface area contributed by atoms with Gasteiger partial charge in [-0.2, -0.15) is 0 Å². The van der Waals surface area contributed by atoms with Crippen LogP contribution in [0.25, 0.3) is 0 Å². The lowest BCUT2D eigenvalue weighted by atomic mass is 10.1. The largest absolute Gasteiger partial charge is 0.261 e. The van der Waals surface area contributed by atoms with E-state index in [-0.39, 0.29) is 0 Å². The van der Waals surface area contributed by atoms with Crippen LogP contribution < -0.4 is 0 Å². The van der Waals surface area contributed by atoms with Gasteiger partial charge in [0.05, 0.1) is 0 Å². The monoisotopic (exact) mass is 179 g/mol. The highest BCUT2D eigenvalue weighted by Crippen LogP contribution is 2.14. The third-order valence-electron chi connectivity index (χ3n) is 1.99. The Kier molecular flexibility index (Phi) is 5.36. The van der Waals surface area contributed by atoms with Crippen LogP contribution in [0.2, 0.25) is 0 Å². The van der Waals surface area contributed by atoms with E-state index in [1.54, 1.807) is 0 Å². The second-order valence-electron chi connectivity index (χ2n) is 3.35. The average molecular weight is 179 g/mol. The maximum absolute atomic E-state index is 4.34. The van der Waals surface area contributed by atoms with Crippen LogP contribution in [-0.2, 0) is 0 Å². The predicted molar refractivity (Wildman–Crippen MR) is 59.1 cm³/mol. The molecular weight excluding hydrogens is 158 g/mol. The average Bonchev–Trinajstić information content (AvgIpc) is 2.13.